The van der Waals surface area contributed by atoms with Gasteiger partial charge in [0.2, 0.25) is 0 Å². The number of aliphatic carboxylic acids is 1. The third-order valence-corrected chi connectivity index (χ3v) is 0.682. The second kappa shape index (κ2) is 22.6. The Hall–Kier alpha value is -1.29. The monoisotopic (exact) mass is 203 g/mol. The molecule has 4 nitrogen and oxygen atoms in total. The average Bonchev–Trinajstić information content (AvgIpc) is 2.18. The highest BCUT2D eigenvalue weighted by atomic mass is 16.5. The lowest BCUT2D eigenvalue weighted by Gasteiger charge is -1.83. The number of allylic oxidation sites excluding steroid dienone is 3. The molecular formula is C10H21NO3. The van der Waals surface area contributed by atoms with Gasteiger partial charge in [0.1, 0.15) is 6.61 Å². The fourth-order valence-electron chi connectivity index (χ4n) is 0.299. The zero-order valence-corrected chi connectivity index (χ0v) is 9.36. The molecule has 0 spiro atoms. The van der Waals surface area contributed by atoms with Crippen molar-refractivity contribution < 1.29 is 14.6 Å². The lowest BCUT2D eigenvalue weighted by atomic mass is 10.5. The molecule has 0 atom stereocenters. The van der Waals surface area contributed by atoms with E-state index in [9.17, 15) is 4.79 Å². The van der Waals surface area contributed by atoms with Crippen LogP contribution in [0.1, 0.15) is 20.8 Å². The number of rotatable bonds is 3. The molecule has 0 aromatic rings. The first kappa shape index (κ1) is 18.5. The van der Waals surface area contributed by atoms with E-state index < -0.39 is 5.97 Å². The van der Waals surface area contributed by atoms with Gasteiger partial charge in [-0.15, -0.1) is 0 Å². The van der Waals surface area contributed by atoms with Gasteiger partial charge >= 0.3 is 5.97 Å². The van der Waals surface area contributed by atoms with Crippen molar-refractivity contribution in [2.75, 3.05) is 13.7 Å². The zero-order valence-electron chi connectivity index (χ0n) is 9.36. The molecule has 0 bridgehead atoms. The number of carboxylic acids is 1. The summed E-state index contributed by atoms with van der Waals surface area (Å²) >= 11 is 0. The Labute approximate surface area is 86.1 Å². The molecule has 0 fully saturated rings. The van der Waals surface area contributed by atoms with Crippen LogP contribution in [0.4, 0.5) is 0 Å². The van der Waals surface area contributed by atoms with Gasteiger partial charge in [-0.05, 0) is 19.2 Å². The Morgan fingerprint density at radius 1 is 1.43 bits per heavy atom. The minimum atomic E-state index is -0.933. The van der Waals surface area contributed by atoms with E-state index in [0.29, 0.717) is 0 Å². The molecule has 0 heterocycles. The van der Waals surface area contributed by atoms with Crippen molar-refractivity contribution in [2.45, 2.75) is 20.8 Å². The molecule has 0 saturated heterocycles. The highest BCUT2D eigenvalue weighted by Gasteiger charge is 1.87. The van der Waals surface area contributed by atoms with Crippen molar-refractivity contribution in [1.29, 1.82) is 0 Å². The summed E-state index contributed by atoms with van der Waals surface area (Å²) in [6.45, 7) is 5.74. The van der Waals surface area contributed by atoms with E-state index in [-0.39, 0.29) is 6.61 Å². The van der Waals surface area contributed by atoms with E-state index in [2.05, 4.69) is 4.74 Å². The predicted octanol–water partition coefficient (Wildman–Crippen LogP) is 1.78. The van der Waals surface area contributed by atoms with Crippen LogP contribution in [0.3, 0.4) is 0 Å². The van der Waals surface area contributed by atoms with Gasteiger partial charge in [0.15, 0.2) is 0 Å². The summed E-state index contributed by atoms with van der Waals surface area (Å²) in [6, 6.07) is 0. The summed E-state index contributed by atoms with van der Waals surface area (Å²) in [5.41, 5.74) is 4.98. The first-order valence-electron chi connectivity index (χ1n) is 4.39. The van der Waals surface area contributed by atoms with E-state index in [4.69, 9.17) is 10.8 Å². The van der Waals surface area contributed by atoms with Crippen LogP contribution in [-0.4, -0.2) is 24.8 Å². The Balaban J connectivity index is -0.000000147. The highest BCUT2D eigenvalue weighted by molar-refractivity contribution is 5.67. The third kappa shape index (κ3) is 45.5. The molecule has 0 aliphatic heterocycles. The first-order chi connectivity index (χ1) is 6.68. The van der Waals surface area contributed by atoms with E-state index in [1.165, 1.54) is 13.3 Å². The molecule has 3 N–H and O–H groups in total. The number of nitrogens with two attached hydrogens (primary N) is 1. The lowest BCUT2D eigenvalue weighted by Crippen LogP contribution is -2.02. The van der Waals surface area contributed by atoms with Gasteiger partial charge in [-0.1, -0.05) is 26.0 Å². The van der Waals surface area contributed by atoms with Crippen LogP contribution in [-0.2, 0) is 9.53 Å². The van der Waals surface area contributed by atoms with Crippen molar-refractivity contribution in [3.63, 3.8) is 0 Å². The van der Waals surface area contributed by atoms with Crippen LogP contribution in [0.15, 0.2) is 24.4 Å². The molecule has 0 unspecified atom stereocenters. The standard InChI is InChI=1S/C5H9N.C3H6O3.C2H6/c1-2-3-4-5-6;1-6-2-3(4)5;1-2/h2-5H,6H2,1H3;2H2,1H3,(H,4,5);1-2H3/b3-2-,5-4-;;. The highest BCUT2D eigenvalue weighted by Crippen LogP contribution is 1.67. The van der Waals surface area contributed by atoms with Gasteiger partial charge in [0, 0.05) is 7.11 Å². The lowest BCUT2D eigenvalue weighted by molar-refractivity contribution is -0.141. The Kier molecular flexibility index (Phi) is 29.8. The number of ether oxygens (including phenoxy) is 1. The number of hydrogen-bond acceptors (Lipinski definition) is 3. The Morgan fingerprint density at radius 2 is 1.93 bits per heavy atom. The SMILES string of the molecule is C/C=C\C=C/N.CC.COCC(=O)O. The quantitative estimate of drug-likeness (QED) is 0.686. The van der Waals surface area contributed by atoms with Crippen LogP contribution in [0.5, 0.6) is 0 Å². The van der Waals surface area contributed by atoms with Gasteiger partial charge in [0.05, 0.1) is 0 Å². The number of carboxylic acid groups (broad SMARTS) is 1. The number of hydrogen-bond donors (Lipinski definition) is 2. The van der Waals surface area contributed by atoms with Gasteiger partial charge in [-0.3, -0.25) is 0 Å². The minimum Gasteiger partial charge on any atom is -0.480 e. The molecule has 0 rings (SSSR count). The van der Waals surface area contributed by atoms with Crippen molar-refractivity contribution in [2.24, 2.45) is 5.73 Å². The molecule has 0 radical (unpaired) electrons. The topological polar surface area (TPSA) is 72.5 Å². The van der Waals surface area contributed by atoms with Crippen LogP contribution in [0.2, 0.25) is 0 Å². The van der Waals surface area contributed by atoms with E-state index in [0.717, 1.165) is 0 Å². The van der Waals surface area contributed by atoms with Crippen LogP contribution in [0.25, 0.3) is 0 Å². The molecule has 14 heavy (non-hydrogen) atoms. The normalized spacial score (nSPS) is 8.86. The van der Waals surface area contributed by atoms with Crippen molar-refractivity contribution in [1.82, 2.24) is 0 Å². The summed E-state index contributed by atoms with van der Waals surface area (Å²) < 4.78 is 4.20. The third-order valence-electron chi connectivity index (χ3n) is 0.682. The van der Waals surface area contributed by atoms with Gasteiger partial charge in [0.25, 0.3) is 0 Å². The molecule has 4 heteroatoms. The van der Waals surface area contributed by atoms with Crippen molar-refractivity contribution in [3.8, 4) is 0 Å². The summed E-state index contributed by atoms with van der Waals surface area (Å²) in [7, 11) is 1.34. The van der Waals surface area contributed by atoms with Gasteiger partial charge in [-0.25, -0.2) is 4.79 Å². The molecule has 84 valence electrons. The smallest absolute Gasteiger partial charge is 0.329 e. The Morgan fingerprint density at radius 3 is 2.00 bits per heavy atom. The van der Waals surface area contributed by atoms with Crippen molar-refractivity contribution in [3.05, 3.63) is 24.4 Å². The van der Waals surface area contributed by atoms with E-state index >= 15 is 0 Å². The molecule has 0 aromatic heterocycles. The van der Waals surface area contributed by atoms with Crippen LogP contribution in [0, 0.1) is 0 Å². The maximum absolute atomic E-state index is 9.47. The molecular weight excluding hydrogens is 182 g/mol. The molecule has 0 aliphatic carbocycles. The molecule has 0 aliphatic rings. The van der Waals surface area contributed by atoms with E-state index in [1.54, 1.807) is 6.08 Å². The minimum absolute atomic E-state index is 0.208. The summed E-state index contributed by atoms with van der Waals surface area (Å²) in [6.07, 6.45) is 7.07. The second-order valence-electron chi connectivity index (χ2n) is 1.74. The fraction of sp³-hybridized carbons (Fsp3) is 0.500. The number of carbonyl (C=O) groups is 1. The average molecular weight is 203 g/mol. The predicted molar refractivity (Wildman–Crippen MR) is 59.0 cm³/mol. The molecule has 0 aromatic carbocycles. The maximum atomic E-state index is 9.47. The molecule has 0 saturated carbocycles. The van der Waals surface area contributed by atoms with Gasteiger partial charge in [-0.2, -0.15) is 0 Å². The summed E-state index contributed by atoms with van der Waals surface area (Å²) in [4.78, 5) is 9.47. The first-order valence-corrected chi connectivity index (χ1v) is 4.39. The maximum Gasteiger partial charge on any atom is 0.329 e. The summed E-state index contributed by atoms with van der Waals surface area (Å²) in [5.74, 6) is -0.933. The van der Waals surface area contributed by atoms with Crippen LogP contribution < -0.4 is 5.73 Å². The van der Waals surface area contributed by atoms with Crippen molar-refractivity contribution >= 4 is 5.97 Å². The largest absolute Gasteiger partial charge is 0.480 e. The Bertz CT molecular complexity index is 143. The van der Waals surface area contributed by atoms with Gasteiger partial charge < -0.3 is 15.6 Å². The van der Waals surface area contributed by atoms with Crippen LogP contribution >= 0.6 is 0 Å². The summed E-state index contributed by atoms with van der Waals surface area (Å²) in [5, 5.41) is 7.79. The fourth-order valence-corrected chi connectivity index (χ4v) is 0.299. The van der Waals surface area contributed by atoms with E-state index in [1.807, 2.05) is 32.9 Å². The zero-order chi connectivity index (χ0) is 11.8. The second-order valence-corrected chi connectivity index (χ2v) is 1.74. The number of methoxy groups -OCH3 is 1. The molecule has 0 amide bonds.